The standard InChI is InChI=1S/2Al.4Na.8H/q;;;;2*+1;;;;;;;2*-1. The van der Waals surface area contributed by atoms with Crippen LogP contribution in [0.5, 0.6) is 0 Å². The van der Waals surface area contributed by atoms with Gasteiger partial charge in [0.1, 0.15) is 0 Å². The molecule has 0 aromatic carbocycles. The van der Waals surface area contributed by atoms with Crippen LogP contribution in [0, 0.1) is 0 Å². The number of hydrogen-bond donors (Lipinski definition) is 0. The van der Waals surface area contributed by atoms with E-state index >= 15 is 0 Å². The number of hydrogen-bond acceptors (Lipinski definition) is 0. The first-order valence-electron chi connectivity index (χ1n) is 1.00. The van der Waals surface area contributed by atoms with E-state index in [0.717, 1.165) is 0 Å². The van der Waals surface area contributed by atoms with Gasteiger partial charge in [0.05, 0.1) is 0 Å². The molecule has 0 aliphatic heterocycles. The van der Waals surface area contributed by atoms with Crippen LogP contribution in [0.4, 0.5) is 0 Å². The molecule has 0 unspecified atom stereocenters. The van der Waals surface area contributed by atoms with Crippen LogP contribution >= 0.6 is 0 Å². The van der Waals surface area contributed by atoms with Crippen LogP contribution in [0.1, 0.15) is 2.85 Å². The molecule has 0 saturated carbocycles. The second-order valence-corrected chi connectivity index (χ2v) is 0. The van der Waals surface area contributed by atoms with Crippen molar-refractivity contribution in [2.45, 2.75) is 0 Å². The molecule has 18 valence electrons. The van der Waals surface area contributed by atoms with E-state index in [9.17, 15) is 0 Å². The Morgan fingerprint density at radius 3 is 0.833 bits per heavy atom. The van der Waals surface area contributed by atoms with Crippen molar-refractivity contribution in [2.24, 2.45) is 0 Å². The molecule has 0 N–H and O–H groups in total. The monoisotopic (exact) mass is 154 g/mol. The first-order chi connectivity index (χ1) is 1.00. The van der Waals surface area contributed by atoms with Gasteiger partial charge in [0.25, 0.3) is 0 Å². The van der Waals surface area contributed by atoms with Gasteiger partial charge in [0.15, 0.2) is 34.7 Å². The van der Waals surface area contributed by atoms with Crippen molar-refractivity contribution in [1.29, 1.82) is 0 Å². The van der Waals surface area contributed by atoms with E-state index in [4.69, 9.17) is 0 Å². The zero-order chi connectivity index (χ0) is 2.00. The molecule has 0 aliphatic carbocycles. The Balaban J connectivity index is -0.000000000333. The van der Waals surface area contributed by atoms with Gasteiger partial charge in [-0.3, -0.25) is 0 Å². The van der Waals surface area contributed by atoms with Crippen LogP contribution in [-0.2, 0) is 0 Å². The second-order valence-electron chi connectivity index (χ2n) is 0. The van der Waals surface area contributed by atoms with Crippen molar-refractivity contribution in [3.8, 4) is 0 Å². The van der Waals surface area contributed by atoms with Crippen molar-refractivity contribution in [3.63, 3.8) is 0 Å². The third-order valence-electron chi connectivity index (χ3n) is 0. The molecule has 0 bridgehead atoms. The minimum atomic E-state index is 0. The van der Waals surface area contributed by atoms with Gasteiger partial charge in [-0.1, -0.05) is 0 Å². The molecule has 0 aliphatic rings. The van der Waals surface area contributed by atoms with Gasteiger partial charge in [-0.15, -0.1) is 0 Å². The summed E-state index contributed by atoms with van der Waals surface area (Å²) in [6.07, 6.45) is 0. The van der Waals surface area contributed by atoms with Crippen LogP contribution in [0.3, 0.4) is 0 Å². The van der Waals surface area contributed by atoms with Gasteiger partial charge in [-0.25, -0.2) is 0 Å². The molecule has 0 radical (unpaired) electrons. The van der Waals surface area contributed by atoms with E-state index in [1.165, 1.54) is 43.6 Å². The normalized spacial score (nSPS) is 1.33. The summed E-state index contributed by atoms with van der Waals surface area (Å²) in [5.74, 6) is 0. The average Bonchev–Trinajstić information content (AvgIpc) is 1.00. The fraction of sp³-hybridized carbons (Fsp3) is 0. The Morgan fingerprint density at radius 1 is 0.833 bits per heavy atom. The van der Waals surface area contributed by atoms with Crippen LogP contribution in [0.15, 0.2) is 0 Å². The van der Waals surface area contributed by atoms with Crippen molar-refractivity contribution in [1.82, 2.24) is 0 Å². The Hall–Kier alpha value is 5.06. The molecule has 0 spiro atoms. The minimum absolute atomic E-state index is 0. The molecule has 0 rings (SSSR count). The van der Waals surface area contributed by atoms with Gasteiger partial charge in [0.2, 0.25) is 0 Å². The average molecular weight is 154 g/mol. The zero-order valence-corrected chi connectivity index (χ0v) is 12.0. The molecule has 6 heteroatoms. The van der Waals surface area contributed by atoms with Crippen molar-refractivity contribution in [2.75, 3.05) is 0 Å². The first-order valence-corrected chi connectivity index (χ1v) is 9.00. The Morgan fingerprint density at radius 2 is 0.833 bits per heavy atom. The summed E-state index contributed by atoms with van der Waals surface area (Å²) < 4.78 is 0. The third kappa shape index (κ3) is 23.0. The molecule has 0 amide bonds. The summed E-state index contributed by atoms with van der Waals surface area (Å²) in [6, 6.07) is 0. The molecule has 0 atom stereocenters. The summed E-state index contributed by atoms with van der Waals surface area (Å²) in [5.41, 5.74) is 0. The van der Waals surface area contributed by atoms with Gasteiger partial charge in [-0.05, 0) is 0 Å². The Labute approximate surface area is 136 Å². The van der Waals surface area contributed by atoms with E-state index in [1.807, 2.05) is 0 Å². The molecular formula is H8Al2Na4. The SMILES string of the molecule is [AlH3].[AlH3].[H-].[H-].[Na+].[Na+].[Na][Na]. The molecular weight excluding hydrogens is 146 g/mol. The van der Waals surface area contributed by atoms with E-state index in [-0.39, 0.29) is 96.7 Å². The van der Waals surface area contributed by atoms with Crippen molar-refractivity contribution in [3.05, 3.63) is 0 Å². The summed E-state index contributed by atoms with van der Waals surface area (Å²) in [4.78, 5) is 0. The second kappa shape index (κ2) is 32.2. The fourth-order valence-electron chi connectivity index (χ4n) is 0. The van der Waals surface area contributed by atoms with Gasteiger partial charge in [-0.2, -0.15) is 0 Å². The van der Waals surface area contributed by atoms with E-state index in [1.54, 1.807) is 0 Å². The van der Waals surface area contributed by atoms with Crippen molar-refractivity contribution < 1.29 is 62.0 Å². The van der Waals surface area contributed by atoms with Crippen LogP contribution in [0.25, 0.3) is 0 Å². The van der Waals surface area contributed by atoms with Crippen LogP contribution in [-0.4, -0.2) is 78.3 Å². The first kappa shape index (κ1) is 30.5. The topological polar surface area (TPSA) is 0 Å². The van der Waals surface area contributed by atoms with Crippen LogP contribution < -0.4 is 59.1 Å². The Bertz CT molecular complexity index is 12.0. The molecule has 0 saturated heterocycles. The predicted molar refractivity (Wildman–Crippen MR) is 33.6 cm³/mol. The Kier molecular flexibility index (Phi) is 164. The quantitative estimate of drug-likeness (QED) is 0.304. The molecule has 0 nitrogen and oxygen atoms in total. The molecule has 6 heavy (non-hydrogen) atoms. The number of rotatable bonds is 0. The van der Waals surface area contributed by atoms with Gasteiger partial charge >= 0.3 is 103 Å². The summed E-state index contributed by atoms with van der Waals surface area (Å²) >= 11 is 2.89. The fourth-order valence-corrected chi connectivity index (χ4v) is 0. The predicted octanol–water partition coefficient (Wildman–Crippen LogP) is -8.90. The molecule has 0 heterocycles. The van der Waals surface area contributed by atoms with Gasteiger partial charge < -0.3 is 2.85 Å². The van der Waals surface area contributed by atoms with Crippen LogP contribution in [0.2, 0.25) is 0 Å². The molecule has 0 aromatic heterocycles. The third-order valence-corrected chi connectivity index (χ3v) is 0. The maximum atomic E-state index is 1.44. The molecule has 0 fully saturated rings. The van der Waals surface area contributed by atoms with E-state index in [0.29, 0.717) is 0 Å². The maximum absolute atomic E-state index is 1.44. The zero-order valence-electron chi connectivity index (χ0n) is 6.00. The van der Waals surface area contributed by atoms with Crippen molar-refractivity contribution >= 4 is 78.3 Å². The molecule has 0 aromatic rings. The summed E-state index contributed by atoms with van der Waals surface area (Å²) in [5, 5.41) is 0. The summed E-state index contributed by atoms with van der Waals surface area (Å²) in [6.45, 7) is 0. The van der Waals surface area contributed by atoms with E-state index in [2.05, 4.69) is 0 Å². The van der Waals surface area contributed by atoms with Gasteiger partial charge in [0, 0.05) is 0 Å². The summed E-state index contributed by atoms with van der Waals surface area (Å²) in [7, 11) is 0. The van der Waals surface area contributed by atoms with E-state index < -0.39 is 0 Å².